The van der Waals surface area contributed by atoms with Gasteiger partial charge in [-0.05, 0) is 29.6 Å². The second kappa shape index (κ2) is 5.97. The minimum atomic E-state index is -0.102. The van der Waals surface area contributed by atoms with Gasteiger partial charge < -0.3 is 4.98 Å². The van der Waals surface area contributed by atoms with Crippen molar-refractivity contribution >= 4 is 17.7 Å². The lowest BCUT2D eigenvalue weighted by atomic mass is 9.97. The lowest BCUT2D eigenvalue weighted by Crippen LogP contribution is -2.35. The van der Waals surface area contributed by atoms with Gasteiger partial charge in [-0.25, -0.2) is 4.79 Å². The molecule has 24 heavy (non-hydrogen) atoms. The summed E-state index contributed by atoms with van der Waals surface area (Å²) in [6.07, 6.45) is 10.0. The molecule has 0 amide bonds. The average molecular weight is 320 g/mol. The van der Waals surface area contributed by atoms with Crippen molar-refractivity contribution in [3.05, 3.63) is 56.8 Å². The first kappa shape index (κ1) is 16.0. The first-order valence-electron chi connectivity index (χ1n) is 7.94. The van der Waals surface area contributed by atoms with Crippen molar-refractivity contribution in [2.24, 2.45) is 5.41 Å². The van der Waals surface area contributed by atoms with E-state index in [1.165, 1.54) is 0 Å². The van der Waals surface area contributed by atoms with Crippen molar-refractivity contribution in [3.63, 3.8) is 0 Å². The first-order chi connectivity index (χ1) is 11.4. The fraction of sp³-hybridized carbons (Fsp3) is 0.316. The normalized spacial score (nSPS) is 13.8. The van der Waals surface area contributed by atoms with Gasteiger partial charge >= 0.3 is 5.69 Å². The molecule has 0 aliphatic heterocycles. The fourth-order valence-electron chi connectivity index (χ4n) is 2.88. The summed E-state index contributed by atoms with van der Waals surface area (Å²) in [7, 11) is 0. The van der Waals surface area contributed by atoms with E-state index in [9.17, 15) is 10.1 Å². The highest BCUT2D eigenvalue weighted by Gasteiger charge is 2.15. The minimum Gasteiger partial charge on any atom is -0.306 e. The lowest BCUT2D eigenvalue weighted by molar-refractivity contribution is 0.335. The highest BCUT2D eigenvalue weighted by atomic mass is 16.1. The summed E-state index contributed by atoms with van der Waals surface area (Å²) >= 11 is 0. The molecule has 0 spiro atoms. The molecule has 1 N–H and O–H groups in total. The molecule has 3 rings (SSSR count). The summed E-state index contributed by atoms with van der Waals surface area (Å²) in [5.41, 5.74) is 2.17. The molecule has 0 saturated carbocycles. The predicted octanol–water partition coefficient (Wildman–Crippen LogP) is 1.54. The molecular formula is C19H20N4O. The summed E-state index contributed by atoms with van der Waals surface area (Å²) in [5, 5.41) is 11.0. The molecule has 2 aromatic rings. The number of aromatic amines is 1. The zero-order chi connectivity index (χ0) is 17.3. The highest BCUT2D eigenvalue weighted by Crippen LogP contribution is 2.20. The van der Waals surface area contributed by atoms with Gasteiger partial charge in [0.1, 0.15) is 0 Å². The molecule has 0 radical (unpaired) electrons. The van der Waals surface area contributed by atoms with Crippen LogP contribution >= 0.6 is 0 Å². The number of rotatable bonds is 2. The summed E-state index contributed by atoms with van der Waals surface area (Å²) in [6.45, 7) is 6.97. The molecule has 122 valence electrons. The van der Waals surface area contributed by atoms with E-state index in [-0.39, 0.29) is 11.1 Å². The quantitative estimate of drug-likeness (QED) is 0.912. The van der Waals surface area contributed by atoms with Gasteiger partial charge in [0.05, 0.1) is 22.3 Å². The Morgan fingerprint density at radius 1 is 1.38 bits per heavy atom. The third-order valence-corrected chi connectivity index (χ3v) is 3.89. The van der Waals surface area contributed by atoms with Crippen LogP contribution in [0.15, 0.2) is 29.3 Å². The van der Waals surface area contributed by atoms with Crippen LogP contribution in [0.1, 0.15) is 38.3 Å². The summed E-state index contributed by atoms with van der Waals surface area (Å²) in [6, 6.07) is 3.90. The zero-order valence-electron chi connectivity index (χ0n) is 14.1. The standard InChI is InChI=1S/C19H20N4O/c1-19(2,3)12-23-17-6-4-5-13(9-16(17)22-18(23)24)15-11-21-8-7-14(15)10-20/h5-9,11H,4,12H2,1-3H3,(H,22,24). The molecule has 2 aromatic heterocycles. The number of imidazole rings is 1. The fourth-order valence-corrected chi connectivity index (χ4v) is 2.88. The maximum Gasteiger partial charge on any atom is 0.326 e. The molecule has 1 aliphatic carbocycles. The largest absolute Gasteiger partial charge is 0.326 e. The van der Waals surface area contributed by atoms with E-state index in [1.807, 2.05) is 12.2 Å². The van der Waals surface area contributed by atoms with Gasteiger partial charge in [0.25, 0.3) is 0 Å². The van der Waals surface area contributed by atoms with Gasteiger partial charge in [-0.3, -0.25) is 9.55 Å². The van der Waals surface area contributed by atoms with Gasteiger partial charge in [-0.1, -0.05) is 32.9 Å². The van der Waals surface area contributed by atoms with Crippen LogP contribution in [-0.4, -0.2) is 14.5 Å². The molecule has 5 heteroatoms. The number of fused-ring (bicyclic) bond motifs is 1. The second-order valence-corrected chi connectivity index (χ2v) is 7.15. The first-order valence-corrected chi connectivity index (χ1v) is 7.94. The van der Waals surface area contributed by atoms with Crippen molar-refractivity contribution in [3.8, 4) is 6.07 Å². The lowest BCUT2D eigenvalue weighted by Gasteiger charge is -2.18. The Balaban J connectivity index is 2.16. The summed E-state index contributed by atoms with van der Waals surface area (Å²) in [4.78, 5) is 19.4. The average Bonchev–Trinajstić information content (AvgIpc) is 2.71. The van der Waals surface area contributed by atoms with Crippen LogP contribution in [0.4, 0.5) is 0 Å². The van der Waals surface area contributed by atoms with Crippen LogP contribution in [0.5, 0.6) is 0 Å². The van der Waals surface area contributed by atoms with Crippen LogP contribution in [0.3, 0.4) is 0 Å². The summed E-state index contributed by atoms with van der Waals surface area (Å²) in [5.74, 6) is 0. The Hall–Kier alpha value is -2.87. The van der Waals surface area contributed by atoms with E-state index in [0.717, 1.165) is 21.8 Å². The van der Waals surface area contributed by atoms with Crippen LogP contribution in [-0.2, 0) is 6.54 Å². The smallest absolute Gasteiger partial charge is 0.306 e. The van der Waals surface area contributed by atoms with Crippen LogP contribution in [0.25, 0.3) is 17.7 Å². The molecule has 5 nitrogen and oxygen atoms in total. The van der Waals surface area contributed by atoms with Gasteiger partial charge in [0, 0.05) is 24.5 Å². The monoisotopic (exact) mass is 320 g/mol. The van der Waals surface area contributed by atoms with Gasteiger partial charge in [-0.15, -0.1) is 0 Å². The van der Waals surface area contributed by atoms with E-state index in [2.05, 4.69) is 42.9 Å². The van der Waals surface area contributed by atoms with Crippen molar-refractivity contribution < 1.29 is 0 Å². The molecular weight excluding hydrogens is 300 g/mol. The number of nitriles is 1. The third kappa shape index (κ3) is 3.09. The molecule has 0 aromatic carbocycles. The van der Waals surface area contributed by atoms with E-state index < -0.39 is 0 Å². The van der Waals surface area contributed by atoms with E-state index in [1.54, 1.807) is 23.0 Å². The summed E-state index contributed by atoms with van der Waals surface area (Å²) < 4.78 is 1.79. The molecule has 2 heterocycles. The molecule has 0 bridgehead atoms. The van der Waals surface area contributed by atoms with E-state index in [0.29, 0.717) is 18.5 Å². The number of aromatic nitrogens is 3. The Labute approximate surface area is 140 Å². The Morgan fingerprint density at radius 2 is 2.17 bits per heavy atom. The Morgan fingerprint density at radius 3 is 2.88 bits per heavy atom. The third-order valence-electron chi connectivity index (χ3n) is 3.89. The van der Waals surface area contributed by atoms with Crippen molar-refractivity contribution in [2.75, 3.05) is 0 Å². The van der Waals surface area contributed by atoms with Gasteiger partial charge in [0.2, 0.25) is 0 Å². The second-order valence-electron chi connectivity index (χ2n) is 7.15. The highest BCUT2D eigenvalue weighted by molar-refractivity contribution is 5.90. The zero-order valence-corrected chi connectivity index (χ0v) is 14.1. The van der Waals surface area contributed by atoms with Crippen LogP contribution < -0.4 is 16.4 Å². The Kier molecular flexibility index (Phi) is 3.98. The van der Waals surface area contributed by atoms with E-state index in [4.69, 9.17) is 0 Å². The number of H-pyrrole nitrogens is 1. The van der Waals surface area contributed by atoms with Crippen LogP contribution in [0.2, 0.25) is 0 Å². The predicted molar refractivity (Wildman–Crippen MR) is 94.2 cm³/mol. The van der Waals surface area contributed by atoms with Crippen molar-refractivity contribution in [1.82, 2.24) is 14.5 Å². The number of hydrogen-bond donors (Lipinski definition) is 1. The van der Waals surface area contributed by atoms with Crippen LogP contribution in [0, 0.1) is 16.7 Å². The molecule has 0 unspecified atom stereocenters. The molecule has 0 atom stereocenters. The van der Waals surface area contributed by atoms with Crippen molar-refractivity contribution in [1.29, 1.82) is 5.26 Å². The number of allylic oxidation sites excluding steroid dienone is 2. The SMILES string of the molecule is CC(C)(C)Cn1c(=O)[nH]c2c1=CCC=C(c1cnccc1C#N)C=2. The minimum absolute atomic E-state index is 0.00746. The van der Waals surface area contributed by atoms with E-state index >= 15 is 0 Å². The number of nitrogens with one attached hydrogen (secondary N) is 1. The van der Waals surface area contributed by atoms with Crippen molar-refractivity contribution in [2.45, 2.75) is 33.7 Å². The number of pyridine rings is 1. The van der Waals surface area contributed by atoms with Gasteiger partial charge in [0.15, 0.2) is 0 Å². The maximum absolute atomic E-state index is 12.3. The van der Waals surface area contributed by atoms with Gasteiger partial charge in [-0.2, -0.15) is 5.26 Å². The topological polar surface area (TPSA) is 74.5 Å². The maximum atomic E-state index is 12.3. The number of nitrogens with zero attached hydrogens (tertiary/aromatic N) is 3. The number of hydrogen-bond acceptors (Lipinski definition) is 3. The molecule has 1 aliphatic rings. The molecule has 0 saturated heterocycles. The Bertz CT molecular complexity index is 1020. The molecule has 0 fully saturated rings.